The minimum Gasteiger partial charge on any atom is -0.272 e. The Labute approximate surface area is 196 Å². The van der Waals surface area contributed by atoms with Crippen LogP contribution in [-0.4, -0.2) is 48.7 Å². The Morgan fingerprint density at radius 3 is 2.55 bits per heavy atom. The van der Waals surface area contributed by atoms with Crippen molar-refractivity contribution in [3.63, 3.8) is 0 Å². The Morgan fingerprint density at radius 1 is 0.970 bits per heavy atom. The van der Waals surface area contributed by atoms with Crippen molar-refractivity contribution in [2.45, 2.75) is 18.5 Å². The quantitative estimate of drug-likeness (QED) is 0.405. The number of aryl methyl sites for hydroxylation is 1. The van der Waals surface area contributed by atoms with Crippen LogP contribution in [0.15, 0.2) is 89.4 Å². The first-order valence-electron chi connectivity index (χ1n) is 10.7. The third-order valence-electron chi connectivity index (χ3n) is 5.43. The summed E-state index contributed by atoms with van der Waals surface area (Å²) in [4.78, 5) is 17.1. The third kappa shape index (κ3) is 4.42. The van der Waals surface area contributed by atoms with Crippen molar-refractivity contribution < 1.29 is 4.79 Å². The van der Waals surface area contributed by atoms with Gasteiger partial charge in [0.15, 0.2) is 11.0 Å². The predicted octanol–water partition coefficient (Wildman–Crippen LogP) is 4.37. The monoisotopic (exact) mass is 454 g/mol. The van der Waals surface area contributed by atoms with E-state index in [1.807, 2.05) is 78.2 Å². The van der Waals surface area contributed by atoms with Crippen LogP contribution in [0.4, 0.5) is 0 Å². The maximum atomic E-state index is 12.9. The van der Waals surface area contributed by atoms with Crippen molar-refractivity contribution >= 4 is 23.4 Å². The Bertz CT molecular complexity index is 1300. The summed E-state index contributed by atoms with van der Waals surface area (Å²) in [6, 6.07) is 21.9. The lowest BCUT2D eigenvalue weighted by Gasteiger charge is -2.14. The van der Waals surface area contributed by atoms with E-state index in [1.54, 1.807) is 17.4 Å². The molecule has 2 aromatic heterocycles. The molecule has 0 unspecified atom stereocenters. The van der Waals surface area contributed by atoms with Gasteiger partial charge in [-0.2, -0.15) is 5.10 Å². The van der Waals surface area contributed by atoms with Crippen LogP contribution < -0.4 is 0 Å². The van der Waals surface area contributed by atoms with Gasteiger partial charge in [0.1, 0.15) is 0 Å². The number of amides is 1. The van der Waals surface area contributed by atoms with Crippen molar-refractivity contribution in [3.05, 3.63) is 90.3 Å². The van der Waals surface area contributed by atoms with Crippen LogP contribution in [0.25, 0.3) is 17.1 Å². The molecular weight excluding hydrogens is 432 g/mol. The fourth-order valence-electron chi connectivity index (χ4n) is 3.75. The van der Waals surface area contributed by atoms with Crippen molar-refractivity contribution in [1.29, 1.82) is 0 Å². The van der Waals surface area contributed by atoms with Gasteiger partial charge in [-0.15, -0.1) is 10.2 Å². The van der Waals surface area contributed by atoms with E-state index < -0.39 is 0 Å². The zero-order valence-corrected chi connectivity index (χ0v) is 18.9. The summed E-state index contributed by atoms with van der Waals surface area (Å²) in [5, 5.41) is 15.6. The molecule has 7 nitrogen and oxygen atoms in total. The van der Waals surface area contributed by atoms with Crippen molar-refractivity contribution in [2.75, 3.05) is 12.3 Å². The van der Waals surface area contributed by atoms with Crippen molar-refractivity contribution in [2.24, 2.45) is 5.10 Å². The smallest absolute Gasteiger partial charge is 0.253 e. The highest BCUT2D eigenvalue weighted by molar-refractivity contribution is 7.99. The topological polar surface area (TPSA) is 76.3 Å². The number of hydrogen-bond acceptors (Lipinski definition) is 6. The molecule has 0 spiro atoms. The Hall–Kier alpha value is -3.78. The number of thioether (sulfide) groups is 1. The molecule has 1 aliphatic rings. The Kier molecular flexibility index (Phi) is 5.99. The zero-order valence-electron chi connectivity index (χ0n) is 18.1. The van der Waals surface area contributed by atoms with E-state index in [2.05, 4.69) is 20.3 Å². The van der Waals surface area contributed by atoms with Crippen molar-refractivity contribution in [3.8, 4) is 17.1 Å². The van der Waals surface area contributed by atoms with Gasteiger partial charge in [-0.25, -0.2) is 5.01 Å². The van der Waals surface area contributed by atoms with Crippen LogP contribution in [0.1, 0.15) is 17.5 Å². The highest BCUT2D eigenvalue weighted by atomic mass is 32.2. The second-order valence-electron chi connectivity index (χ2n) is 7.64. The molecule has 0 saturated carbocycles. The Morgan fingerprint density at radius 2 is 1.76 bits per heavy atom. The molecule has 5 rings (SSSR count). The number of pyridine rings is 1. The van der Waals surface area contributed by atoms with Gasteiger partial charge in [0.05, 0.1) is 23.7 Å². The van der Waals surface area contributed by atoms with Crippen LogP contribution in [-0.2, 0) is 4.79 Å². The lowest BCUT2D eigenvalue weighted by molar-refractivity contribution is -0.127. The van der Waals surface area contributed by atoms with Crippen LogP contribution in [0.5, 0.6) is 0 Å². The molecule has 0 fully saturated rings. The first kappa shape index (κ1) is 21.1. The summed E-state index contributed by atoms with van der Waals surface area (Å²) in [5.41, 5.74) is 4.92. The molecular formula is C25H22N6OS. The average Bonchev–Trinajstić information content (AvgIpc) is 3.52. The number of carbonyl (C=O) groups is 1. The first-order valence-corrected chi connectivity index (χ1v) is 11.7. The van der Waals surface area contributed by atoms with Gasteiger partial charge in [-0.3, -0.25) is 14.3 Å². The number of rotatable bonds is 6. The number of para-hydroxylation sites is 1. The maximum Gasteiger partial charge on any atom is 0.253 e. The highest BCUT2D eigenvalue weighted by Crippen LogP contribution is 2.29. The van der Waals surface area contributed by atoms with Gasteiger partial charge >= 0.3 is 0 Å². The van der Waals surface area contributed by atoms with E-state index in [0.29, 0.717) is 17.5 Å². The van der Waals surface area contributed by atoms with E-state index in [9.17, 15) is 4.79 Å². The lowest BCUT2D eigenvalue weighted by Crippen LogP contribution is -2.25. The minimum absolute atomic E-state index is 0.0480. The second kappa shape index (κ2) is 9.38. The zero-order chi connectivity index (χ0) is 22.6. The second-order valence-corrected chi connectivity index (χ2v) is 8.58. The normalized spacial score (nSPS) is 13.2. The molecule has 8 heteroatoms. The van der Waals surface area contributed by atoms with E-state index >= 15 is 0 Å². The Balaban J connectivity index is 1.39. The number of hydrogen-bond donors (Lipinski definition) is 0. The largest absolute Gasteiger partial charge is 0.272 e. The molecule has 0 saturated heterocycles. The van der Waals surface area contributed by atoms with Crippen LogP contribution in [0, 0.1) is 6.92 Å². The lowest BCUT2D eigenvalue weighted by atomic mass is 10.1. The summed E-state index contributed by atoms with van der Waals surface area (Å²) in [6.07, 6.45) is 4.25. The molecule has 0 atom stereocenters. The van der Waals surface area contributed by atoms with Gasteiger partial charge < -0.3 is 0 Å². The molecule has 1 aliphatic heterocycles. The van der Waals surface area contributed by atoms with Crippen molar-refractivity contribution in [1.82, 2.24) is 24.8 Å². The van der Waals surface area contributed by atoms with E-state index in [1.165, 1.54) is 11.8 Å². The predicted molar refractivity (Wildman–Crippen MR) is 129 cm³/mol. The molecule has 1 amide bonds. The third-order valence-corrected chi connectivity index (χ3v) is 6.34. The SMILES string of the molecule is Cc1ccccc1-n1c(SCC(=O)N2CCC(c3ccccc3)=N2)nnc1-c1cccnc1. The van der Waals surface area contributed by atoms with Crippen LogP contribution in [0.2, 0.25) is 0 Å². The van der Waals surface area contributed by atoms with Gasteiger partial charge in [0.2, 0.25) is 0 Å². The standard InChI is InChI=1S/C25H22N6OS/c1-18-8-5-6-12-22(18)31-24(20-11-7-14-26-16-20)27-28-25(31)33-17-23(32)30-15-13-21(29-30)19-9-3-2-4-10-19/h2-12,14,16H,13,15,17H2,1H3. The van der Waals surface area contributed by atoms with E-state index in [-0.39, 0.29) is 11.7 Å². The van der Waals surface area contributed by atoms with Gasteiger partial charge in [0, 0.05) is 24.4 Å². The molecule has 164 valence electrons. The fourth-order valence-corrected chi connectivity index (χ4v) is 4.56. The number of aromatic nitrogens is 4. The van der Waals surface area contributed by atoms with Gasteiger partial charge in [-0.05, 0) is 36.2 Å². The van der Waals surface area contributed by atoms with E-state index in [4.69, 9.17) is 0 Å². The molecule has 3 heterocycles. The number of carbonyl (C=O) groups excluding carboxylic acids is 1. The maximum absolute atomic E-state index is 12.9. The molecule has 0 bridgehead atoms. The number of benzene rings is 2. The molecule has 0 N–H and O–H groups in total. The number of nitrogens with zero attached hydrogens (tertiary/aromatic N) is 6. The summed E-state index contributed by atoms with van der Waals surface area (Å²) in [6.45, 7) is 2.64. The summed E-state index contributed by atoms with van der Waals surface area (Å²) < 4.78 is 1.99. The van der Waals surface area contributed by atoms with Crippen LogP contribution in [0.3, 0.4) is 0 Å². The summed E-state index contributed by atoms with van der Waals surface area (Å²) >= 11 is 1.37. The van der Waals surface area contributed by atoms with Gasteiger partial charge in [-0.1, -0.05) is 60.3 Å². The average molecular weight is 455 g/mol. The summed E-state index contributed by atoms with van der Waals surface area (Å²) in [7, 11) is 0. The molecule has 4 aromatic rings. The fraction of sp³-hybridized carbons (Fsp3) is 0.160. The molecule has 0 radical (unpaired) electrons. The highest BCUT2D eigenvalue weighted by Gasteiger charge is 2.23. The van der Waals surface area contributed by atoms with Gasteiger partial charge in [0.25, 0.3) is 5.91 Å². The van der Waals surface area contributed by atoms with E-state index in [0.717, 1.165) is 34.5 Å². The molecule has 2 aromatic carbocycles. The summed E-state index contributed by atoms with van der Waals surface area (Å²) in [5.74, 6) is 0.869. The van der Waals surface area contributed by atoms with Crippen LogP contribution >= 0.6 is 11.8 Å². The molecule has 0 aliphatic carbocycles. The molecule has 33 heavy (non-hydrogen) atoms. The first-order chi connectivity index (χ1) is 16.2. The number of hydrazone groups is 1. The minimum atomic E-state index is -0.0480.